The van der Waals surface area contributed by atoms with Gasteiger partial charge in [-0.25, -0.2) is 0 Å². The Morgan fingerprint density at radius 2 is 1.95 bits per heavy atom. The van der Waals surface area contributed by atoms with Crippen LogP contribution in [0.5, 0.6) is 0 Å². The minimum Gasteiger partial charge on any atom is -0.461 e. The molecule has 1 saturated heterocycles. The molecule has 1 unspecified atom stereocenters. The van der Waals surface area contributed by atoms with E-state index in [4.69, 9.17) is 4.74 Å². The number of hydrogen-bond acceptors (Lipinski definition) is 3. The van der Waals surface area contributed by atoms with Gasteiger partial charge in [0, 0.05) is 0 Å². The van der Waals surface area contributed by atoms with Crippen molar-refractivity contribution in [1.82, 2.24) is 5.32 Å². The van der Waals surface area contributed by atoms with Gasteiger partial charge in [-0.3, -0.25) is 4.79 Å². The van der Waals surface area contributed by atoms with Gasteiger partial charge in [-0.2, -0.15) is 0 Å². The lowest BCUT2D eigenvalue weighted by Crippen LogP contribution is -2.31. The summed E-state index contributed by atoms with van der Waals surface area (Å²) < 4.78 is 5.42. The van der Waals surface area contributed by atoms with E-state index in [1.807, 2.05) is 30.3 Å². The van der Waals surface area contributed by atoms with Crippen LogP contribution in [0.4, 0.5) is 0 Å². The summed E-state index contributed by atoms with van der Waals surface area (Å²) in [4.78, 5) is 12.0. The number of halogens is 1. The smallest absolute Gasteiger partial charge is 0.309 e. The monoisotopic (exact) mass is 281 g/mol. The number of rotatable bonds is 3. The first-order chi connectivity index (χ1) is 8.80. The lowest BCUT2D eigenvalue weighted by molar-refractivity contribution is -0.147. The van der Waals surface area contributed by atoms with Gasteiger partial charge in [-0.1, -0.05) is 30.3 Å². The van der Waals surface area contributed by atoms with Crippen LogP contribution < -0.4 is 5.32 Å². The number of hydrogen-bond donors (Lipinski definition) is 1. The molecule has 1 aliphatic carbocycles. The Morgan fingerprint density at radius 3 is 2.63 bits per heavy atom. The average Bonchev–Trinajstić information content (AvgIpc) is 3.12. The van der Waals surface area contributed by atoms with Crippen LogP contribution in [-0.4, -0.2) is 19.1 Å². The Bertz CT molecular complexity index is 429. The molecule has 3 nitrogen and oxygen atoms in total. The summed E-state index contributed by atoms with van der Waals surface area (Å²) in [5.74, 6) is 0.157. The van der Waals surface area contributed by atoms with E-state index in [9.17, 15) is 4.79 Å². The first-order valence-electron chi connectivity index (χ1n) is 6.71. The maximum atomic E-state index is 12.0. The van der Waals surface area contributed by atoms with Crippen molar-refractivity contribution in [3.8, 4) is 0 Å². The molecule has 0 amide bonds. The molecular weight excluding hydrogens is 262 g/mol. The zero-order valence-corrected chi connectivity index (χ0v) is 11.7. The van der Waals surface area contributed by atoms with Gasteiger partial charge in [0.15, 0.2) is 0 Å². The molecule has 1 spiro atoms. The predicted molar refractivity (Wildman–Crippen MR) is 76.1 cm³/mol. The molecule has 2 aliphatic rings. The summed E-state index contributed by atoms with van der Waals surface area (Å²) in [5.41, 5.74) is 1.34. The Balaban J connectivity index is 0.00000133. The standard InChI is InChI=1S/C15H19NO2.ClH/c17-14(18-11-12-4-2-1-3-5-12)13-10-15(13)6-8-16-9-7-15;/h1-5,13,16H,6-11H2;1H. The number of carbonyl (C=O) groups excluding carboxylic acids is 1. The third-order valence-corrected chi connectivity index (χ3v) is 4.30. The molecular formula is C15H20ClNO2. The van der Waals surface area contributed by atoms with E-state index in [1.165, 1.54) is 0 Å². The van der Waals surface area contributed by atoms with Crippen LogP contribution in [0.1, 0.15) is 24.8 Å². The van der Waals surface area contributed by atoms with Crippen LogP contribution in [0.15, 0.2) is 30.3 Å². The van der Waals surface area contributed by atoms with Gasteiger partial charge >= 0.3 is 5.97 Å². The maximum absolute atomic E-state index is 12.0. The summed E-state index contributed by atoms with van der Waals surface area (Å²) in [6, 6.07) is 9.88. The molecule has 1 saturated carbocycles. The summed E-state index contributed by atoms with van der Waals surface area (Å²) >= 11 is 0. The van der Waals surface area contributed by atoms with Crippen LogP contribution in [-0.2, 0) is 16.1 Å². The number of carbonyl (C=O) groups is 1. The van der Waals surface area contributed by atoms with E-state index in [0.29, 0.717) is 6.61 Å². The lowest BCUT2D eigenvalue weighted by Gasteiger charge is -2.22. The van der Waals surface area contributed by atoms with Crippen LogP contribution in [0.2, 0.25) is 0 Å². The van der Waals surface area contributed by atoms with Crippen molar-refractivity contribution < 1.29 is 9.53 Å². The second-order valence-electron chi connectivity index (χ2n) is 5.46. The number of ether oxygens (including phenoxy) is 1. The molecule has 19 heavy (non-hydrogen) atoms. The highest BCUT2D eigenvalue weighted by atomic mass is 35.5. The first kappa shape index (κ1) is 14.4. The van der Waals surface area contributed by atoms with E-state index in [-0.39, 0.29) is 29.7 Å². The molecule has 1 aromatic carbocycles. The second-order valence-corrected chi connectivity index (χ2v) is 5.46. The van der Waals surface area contributed by atoms with Crippen molar-refractivity contribution >= 4 is 18.4 Å². The SMILES string of the molecule is Cl.O=C(OCc1ccccc1)C1CC12CCNCC2. The van der Waals surface area contributed by atoms with Crippen molar-refractivity contribution in [3.63, 3.8) is 0 Å². The van der Waals surface area contributed by atoms with E-state index in [1.54, 1.807) is 0 Å². The second kappa shape index (κ2) is 5.93. The first-order valence-corrected chi connectivity index (χ1v) is 6.71. The summed E-state index contributed by atoms with van der Waals surface area (Å²) in [6.45, 7) is 2.50. The third-order valence-electron chi connectivity index (χ3n) is 4.30. The van der Waals surface area contributed by atoms with Crippen LogP contribution in [0.3, 0.4) is 0 Å². The van der Waals surface area contributed by atoms with Crippen molar-refractivity contribution in [1.29, 1.82) is 0 Å². The molecule has 0 bridgehead atoms. The topological polar surface area (TPSA) is 38.3 Å². The van der Waals surface area contributed by atoms with Gasteiger partial charge in [0.1, 0.15) is 6.61 Å². The minimum atomic E-state index is 0. The fraction of sp³-hybridized carbons (Fsp3) is 0.533. The normalized spacial score (nSPS) is 23.5. The molecule has 1 heterocycles. The van der Waals surface area contributed by atoms with Crippen LogP contribution >= 0.6 is 12.4 Å². The highest BCUT2D eigenvalue weighted by molar-refractivity contribution is 5.85. The Morgan fingerprint density at radius 1 is 1.26 bits per heavy atom. The molecule has 0 aromatic heterocycles. The average molecular weight is 282 g/mol. The predicted octanol–water partition coefficient (Wildman–Crippen LogP) is 2.54. The van der Waals surface area contributed by atoms with Gasteiger partial charge in [-0.05, 0) is 43.3 Å². The van der Waals surface area contributed by atoms with E-state index in [2.05, 4.69) is 5.32 Å². The maximum Gasteiger partial charge on any atom is 0.309 e. The zero-order valence-electron chi connectivity index (χ0n) is 10.9. The van der Waals surface area contributed by atoms with Crippen LogP contribution in [0.25, 0.3) is 0 Å². The van der Waals surface area contributed by atoms with E-state index < -0.39 is 0 Å². The van der Waals surface area contributed by atoms with Gasteiger partial charge in [0.2, 0.25) is 0 Å². The fourth-order valence-electron chi connectivity index (χ4n) is 2.99. The minimum absolute atomic E-state index is 0. The van der Waals surface area contributed by atoms with Gasteiger partial charge in [0.05, 0.1) is 5.92 Å². The highest BCUT2D eigenvalue weighted by Crippen LogP contribution is 2.59. The Hall–Kier alpha value is -1.06. The van der Waals surface area contributed by atoms with Gasteiger partial charge in [-0.15, -0.1) is 12.4 Å². The lowest BCUT2D eigenvalue weighted by atomic mass is 9.92. The van der Waals surface area contributed by atoms with Crippen molar-refractivity contribution in [2.24, 2.45) is 11.3 Å². The molecule has 104 valence electrons. The molecule has 4 heteroatoms. The molecule has 3 rings (SSSR count). The van der Waals surface area contributed by atoms with E-state index >= 15 is 0 Å². The summed E-state index contributed by atoms with van der Waals surface area (Å²) in [7, 11) is 0. The largest absolute Gasteiger partial charge is 0.461 e. The summed E-state index contributed by atoms with van der Waals surface area (Å²) in [6.07, 6.45) is 3.28. The molecule has 1 aliphatic heterocycles. The zero-order chi connectivity index (χ0) is 12.4. The number of nitrogens with one attached hydrogen (secondary N) is 1. The summed E-state index contributed by atoms with van der Waals surface area (Å²) in [5, 5.41) is 3.35. The van der Waals surface area contributed by atoms with Gasteiger partial charge < -0.3 is 10.1 Å². The molecule has 1 aromatic rings. The van der Waals surface area contributed by atoms with Crippen LogP contribution in [0, 0.1) is 11.3 Å². The molecule has 1 N–H and O–H groups in total. The van der Waals surface area contributed by atoms with Crippen molar-refractivity contribution in [2.45, 2.75) is 25.9 Å². The van der Waals surface area contributed by atoms with Crippen molar-refractivity contribution in [3.05, 3.63) is 35.9 Å². The molecule has 0 radical (unpaired) electrons. The molecule has 2 fully saturated rings. The number of esters is 1. The Labute approximate surface area is 120 Å². The van der Waals surface area contributed by atoms with Crippen molar-refractivity contribution in [2.75, 3.05) is 13.1 Å². The van der Waals surface area contributed by atoms with Gasteiger partial charge in [0.25, 0.3) is 0 Å². The third kappa shape index (κ3) is 3.10. The highest BCUT2D eigenvalue weighted by Gasteiger charge is 2.58. The Kier molecular flexibility index (Phi) is 4.48. The van der Waals surface area contributed by atoms with E-state index in [0.717, 1.165) is 37.9 Å². The number of benzene rings is 1. The fourth-order valence-corrected chi connectivity index (χ4v) is 2.99. The number of piperidine rings is 1. The quantitative estimate of drug-likeness (QED) is 0.866. The molecule has 1 atom stereocenters.